The third-order valence-electron chi connectivity index (χ3n) is 4.16. The lowest BCUT2D eigenvalue weighted by Crippen LogP contribution is -2.36. The number of ether oxygens (including phenoxy) is 1. The third kappa shape index (κ3) is 6.42. The number of hydrogen-bond donors (Lipinski definition) is 2. The summed E-state index contributed by atoms with van der Waals surface area (Å²) in [7, 11) is 0. The lowest BCUT2D eigenvalue weighted by molar-refractivity contribution is 0.297. The summed E-state index contributed by atoms with van der Waals surface area (Å²) < 4.78 is 5.97. The smallest absolute Gasteiger partial charge is 0.191 e. The van der Waals surface area contributed by atoms with Gasteiger partial charge < -0.3 is 15.4 Å². The van der Waals surface area contributed by atoms with Gasteiger partial charge in [-0.2, -0.15) is 0 Å². The maximum Gasteiger partial charge on any atom is 0.191 e. The zero-order chi connectivity index (χ0) is 17.5. The number of rotatable bonds is 8. The number of halogens is 1. The summed E-state index contributed by atoms with van der Waals surface area (Å²) in [4.78, 5) is 10.2. The number of para-hydroxylation sites is 1. The largest absolute Gasteiger partial charge is 0.493 e. The average molecular weight is 486 g/mol. The van der Waals surface area contributed by atoms with Crippen molar-refractivity contribution in [2.45, 2.75) is 39.8 Å². The highest BCUT2D eigenvalue weighted by molar-refractivity contribution is 14.0. The van der Waals surface area contributed by atoms with Gasteiger partial charge in [-0.1, -0.05) is 18.2 Å². The fourth-order valence-electron chi connectivity index (χ4n) is 2.43. The summed E-state index contributed by atoms with van der Waals surface area (Å²) in [6, 6.07) is 8.18. The molecule has 0 atom stereocenters. The molecule has 1 aliphatic rings. The molecule has 0 amide bonds. The molecule has 1 saturated carbocycles. The first-order valence-electron chi connectivity index (χ1n) is 8.88. The van der Waals surface area contributed by atoms with Gasteiger partial charge in [-0.05, 0) is 38.7 Å². The molecule has 26 heavy (non-hydrogen) atoms. The lowest BCUT2D eigenvalue weighted by atomic mass is 10.2. The summed E-state index contributed by atoms with van der Waals surface area (Å²) in [6.07, 6.45) is 2.59. The molecule has 142 valence electrons. The number of hydrogen-bond acceptors (Lipinski definition) is 4. The fourth-order valence-corrected chi connectivity index (χ4v) is 3.15. The summed E-state index contributed by atoms with van der Waals surface area (Å²) in [5.41, 5.74) is 4.07. The van der Waals surface area contributed by atoms with Crippen molar-refractivity contribution in [3.63, 3.8) is 0 Å². The van der Waals surface area contributed by atoms with Gasteiger partial charge in [0.1, 0.15) is 5.75 Å². The molecule has 0 unspecified atom stereocenters. The molecule has 1 aliphatic carbocycles. The van der Waals surface area contributed by atoms with Crippen LogP contribution in [-0.2, 0) is 13.1 Å². The predicted molar refractivity (Wildman–Crippen MR) is 119 cm³/mol. The molecule has 1 aromatic heterocycles. The van der Waals surface area contributed by atoms with Crippen molar-refractivity contribution in [2.75, 3.05) is 13.2 Å². The van der Waals surface area contributed by atoms with Crippen LogP contribution in [0.25, 0.3) is 0 Å². The van der Waals surface area contributed by atoms with E-state index in [0.717, 1.165) is 48.6 Å². The molecular weight excluding hydrogens is 459 g/mol. The molecule has 0 aliphatic heterocycles. The van der Waals surface area contributed by atoms with Crippen LogP contribution in [0, 0.1) is 12.8 Å². The van der Waals surface area contributed by atoms with E-state index in [2.05, 4.69) is 28.6 Å². The molecular formula is C19H27IN4OS. The van der Waals surface area contributed by atoms with Gasteiger partial charge in [0, 0.05) is 17.0 Å². The lowest BCUT2D eigenvalue weighted by Gasteiger charge is -2.12. The van der Waals surface area contributed by atoms with Gasteiger partial charge in [-0.15, -0.1) is 35.3 Å². The Labute approximate surface area is 176 Å². The fraction of sp³-hybridized carbons (Fsp3) is 0.474. The SMILES string of the molecule is CCNC(=NCc1ccccc1OCC1CC1)NCc1scnc1C.I. The summed E-state index contributed by atoms with van der Waals surface area (Å²) in [5.74, 6) is 2.51. The Kier molecular flexibility index (Phi) is 8.64. The van der Waals surface area contributed by atoms with E-state index in [1.54, 1.807) is 11.3 Å². The zero-order valence-electron chi connectivity index (χ0n) is 15.3. The highest BCUT2D eigenvalue weighted by atomic mass is 127. The van der Waals surface area contributed by atoms with E-state index in [4.69, 9.17) is 9.73 Å². The van der Waals surface area contributed by atoms with Crippen molar-refractivity contribution in [3.05, 3.63) is 45.9 Å². The van der Waals surface area contributed by atoms with Crippen LogP contribution in [-0.4, -0.2) is 24.1 Å². The van der Waals surface area contributed by atoms with Gasteiger partial charge in [-0.25, -0.2) is 9.98 Å². The van der Waals surface area contributed by atoms with Crippen molar-refractivity contribution < 1.29 is 4.74 Å². The van der Waals surface area contributed by atoms with E-state index < -0.39 is 0 Å². The van der Waals surface area contributed by atoms with Crippen LogP contribution in [0.3, 0.4) is 0 Å². The van der Waals surface area contributed by atoms with E-state index >= 15 is 0 Å². The average Bonchev–Trinajstić information content (AvgIpc) is 3.37. The zero-order valence-corrected chi connectivity index (χ0v) is 18.5. The van der Waals surface area contributed by atoms with Crippen LogP contribution in [0.15, 0.2) is 34.8 Å². The highest BCUT2D eigenvalue weighted by Gasteiger charge is 2.22. The molecule has 1 aromatic carbocycles. The molecule has 0 bridgehead atoms. The second-order valence-electron chi connectivity index (χ2n) is 6.27. The molecule has 1 heterocycles. The van der Waals surface area contributed by atoms with Crippen LogP contribution in [0.5, 0.6) is 5.75 Å². The van der Waals surface area contributed by atoms with Crippen molar-refractivity contribution in [3.8, 4) is 5.75 Å². The molecule has 2 aromatic rings. The number of aryl methyl sites for hydroxylation is 1. The van der Waals surface area contributed by atoms with E-state index in [1.165, 1.54) is 17.7 Å². The van der Waals surface area contributed by atoms with Crippen LogP contribution in [0.2, 0.25) is 0 Å². The van der Waals surface area contributed by atoms with Crippen molar-refractivity contribution >= 4 is 41.3 Å². The van der Waals surface area contributed by atoms with Gasteiger partial charge in [0.05, 0.1) is 30.9 Å². The normalized spacial score (nSPS) is 13.8. The summed E-state index contributed by atoms with van der Waals surface area (Å²) >= 11 is 1.67. The molecule has 0 spiro atoms. The molecule has 0 radical (unpaired) electrons. The van der Waals surface area contributed by atoms with Gasteiger partial charge in [-0.3, -0.25) is 0 Å². The van der Waals surface area contributed by atoms with Crippen molar-refractivity contribution in [1.82, 2.24) is 15.6 Å². The van der Waals surface area contributed by atoms with Gasteiger partial charge >= 0.3 is 0 Å². The molecule has 3 rings (SSSR count). The number of nitrogens with zero attached hydrogens (tertiary/aromatic N) is 2. The van der Waals surface area contributed by atoms with E-state index in [-0.39, 0.29) is 24.0 Å². The highest BCUT2D eigenvalue weighted by Crippen LogP contribution is 2.30. The molecule has 5 nitrogen and oxygen atoms in total. The number of nitrogens with one attached hydrogen (secondary N) is 2. The Morgan fingerprint density at radius 3 is 2.81 bits per heavy atom. The first-order valence-corrected chi connectivity index (χ1v) is 9.76. The van der Waals surface area contributed by atoms with Crippen LogP contribution in [0.4, 0.5) is 0 Å². The minimum Gasteiger partial charge on any atom is -0.493 e. The van der Waals surface area contributed by atoms with Gasteiger partial charge in [0.2, 0.25) is 0 Å². The number of benzene rings is 1. The van der Waals surface area contributed by atoms with E-state index in [0.29, 0.717) is 6.54 Å². The van der Waals surface area contributed by atoms with Gasteiger partial charge in [0.15, 0.2) is 5.96 Å². The molecule has 2 N–H and O–H groups in total. The standard InChI is InChI=1S/C19H26N4OS.HI/c1-3-20-19(22-11-18-14(2)23-13-25-18)21-10-16-6-4-5-7-17(16)24-12-15-8-9-15;/h4-7,13,15H,3,8-12H2,1-2H3,(H2,20,21,22);1H. The third-order valence-corrected chi connectivity index (χ3v) is 5.09. The minimum absolute atomic E-state index is 0. The second kappa shape index (κ2) is 10.7. The van der Waals surface area contributed by atoms with Gasteiger partial charge in [0.25, 0.3) is 0 Å². The monoisotopic (exact) mass is 486 g/mol. The Hall–Kier alpha value is -1.35. The van der Waals surface area contributed by atoms with E-state index in [9.17, 15) is 0 Å². The van der Waals surface area contributed by atoms with Crippen LogP contribution < -0.4 is 15.4 Å². The van der Waals surface area contributed by atoms with Crippen molar-refractivity contribution in [1.29, 1.82) is 0 Å². The van der Waals surface area contributed by atoms with Crippen LogP contribution >= 0.6 is 35.3 Å². The van der Waals surface area contributed by atoms with E-state index in [1.807, 2.05) is 30.6 Å². The molecule has 0 saturated heterocycles. The number of guanidine groups is 1. The Bertz CT molecular complexity index is 715. The molecule has 7 heteroatoms. The van der Waals surface area contributed by atoms with Crippen molar-refractivity contribution in [2.24, 2.45) is 10.9 Å². The predicted octanol–water partition coefficient (Wildman–Crippen LogP) is 4.11. The topological polar surface area (TPSA) is 58.5 Å². The first kappa shape index (κ1) is 21.0. The second-order valence-corrected chi connectivity index (χ2v) is 7.21. The number of aliphatic imine (C=N–C) groups is 1. The Morgan fingerprint density at radius 1 is 1.31 bits per heavy atom. The number of aromatic nitrogens is 1. The minimum atomic E-state index is 0. The molecule has 1 fully saturated rings. The maximum atomic E-state index is 5.97. The maximum absolute atomic E-state index is 5.97. The summed E-state index contributed by atoms with van der Waals surface area (Å²) in [5, 5.41) is 6.68. The Morgan fingerprint density at radius 2 is 2.12 bits per heavy atom. The first-order chi connectivity index (χ1) is 12.3. The van der Waals surface area contributed by atoms with Crippen LogP contribution in [0.1, 0.15) is 35.9 Å². The summed E-state index contributed by atoms with van der Waals surface area (Å²) in [6.45, 7) is 7.09. The Balaban J connectivity index is 0.00000243. The quantitative estimate of drug-likeness (QED) is 0.335. The number of thiazole rings is 1.